The van der Waals surface area contributed by atoms with Crippen LogP contribution in [0.4, 0.5) is 19.0 Å². The first-order valence-corrected chi connectivity index (χ1v) is 10.7. The fourth-order valence-electron chi connectivity index (χ4n) is 3.44. The van der Waals surface area contributed by atoms with Crippen molar-refractivity contribution in [1.82, 2.24) is 20.3 Å². The molecule has 33 heavy (non-hydrogen) atoms. The van der Waals surface area contributed by atoms with Crippen LogP contribution in [-0.4, -0.2) is 40.0 Å². The average molecular weight is 476 g/mol. The molecule has 0 saturated carbocycles. The fourth-order valence-corrected chi connectivity index (χ4v) is 3.65. The third kappa shape index (κ3) is 4.93. The van der Waals surface area contributed by atoms with Crippen LogP contribution in [0.1, 0.15) is 19.4 Å². The Kier molecular flexibility index (Phi) is 6.25. The monoisotopic (exact) mass is 475 g/mol. The molecule has 1 aliphatic heterocycles. The number of alkyl halides is 3. The lowest BCUT2D eigenvalue weighted by Gasteiger charge is -2.40. The van der Waals surface area contributed by atoms with E-state index in [-0.39, 0.29) is 17.9 Å². The summed E-state index contributed by atoms with van der Waals surface area (Å²) in [7, 11) is 0. The Morgan fingerprint density at radius 3 is 2.42 bits per heavy atom. The highest BCUT2D eigenvalue weighted by molar-refractivity contribution is 6.33. The van der Waals surface area contributed by atoms with Crippen molar-refractivity contribution in [2.24, 2.45) is 5.92 Å². The maximum Gasteiger partial charge on any atom is 0.416 e. The van der Waals surface area contributed by atoms with Gasteiger partial charge in [-0.2, -0.15) is 13.2 Å². The van der Waals surface area contributed by atoms with Gasteiger partial charge in [0, 0.05) is 42.5 Å². The number of amides is 1. The van der Waals surface area contributed by atoms with Crippen molar-refractivity contribution in [3.05, 3.63) is 59.5 Å². The molecule has 1 amide bonds. The summed E-state index contributed by atoms with van der Waals surface area (Å²) >= 11 is 6.35. The van der Waals surface area contributed by atoms with Gasteiger partial charge in [-0.3, -0.25) is 14.8 Å². The number of halogens is 4. The molecule has 1 saturated heterocycles. The molecule has 3 aromatic rings. The molecule has 4 rings (SSSR count). The van der Waals surface area contributed by atoms with Crippen LogP contribution in [0, 0.1) is 5.92 Å². The highest BCUT2D eigenvalue weighted by Crippen LogP contribution is 2.36. The standard InChI is InChI=1S/C23H21ClF3N5O/c1-13(2)22(33)30-16-11-32(12-16)19-10-29-20(14-3-5-15(6-4-14)23(25,26)27)21(31-19)17-7-8-28-9-18(17)24/h3-10,13,16H,11-12H2,1-2H3,(H,30,33). The first kappa shape index (κ1) is 23.0. The Labute approximate surface area is 193 Å². The quantitative estimate of drug-likeness (QED) is 0.572. The zero-order chi connectivity index (χ0) is 23.8. The van der Waals surface area contributed by atoms with Crippen LogP contribution in [0.15, 0.2) is 48.9 Å². The van der Waals surface area contributed by atoms with E-state index in [9.17, 15) is 18.0 Å². The van der Waals surface area contributed by atoms with Crippen molar-refractivity contribution in [2.75, 3.05) is 18.0 Å². The van der Waals surface area contributed by atoms with E-state index in [2.05, 4.69) is 15.3 Å². The largest absolute Gasteiger partial charge is 0.416 e. The van der Waals surface area contributed by atoms with Crippen LogP contribution in [0.3, 0.4) is 0 Å². The molecule has 3 heterocycles. The number of rotatable bonds is 5. The third-order valence-electron chi connectivity index (χ3n) is 5.35. The lowest BCUT2D eigenvalue weighted by molar-refractivity contribution is -0.137. The summed E-state index contributed by atoms with van der Waals surface area (Å²) < 4.78 is 38.9. The second-order valence-corrected chi connectivity index (χ2v) is 8.53. The predicted molar refractivity (Wildman–Crippen MR) is 120 cm³/mol. The lowest BCUT2D eigenvalue weighted by atomic mass is 10.0. The molecule has 6 nitrogen and oxygen atoms in total. The number of nitrogens with zero attached hydrogens (tertiary/aromatic N) is 4. The molecule has 0 aliphatic carbocycles. The molecule has 0 bridgehead atoms. The number of aromatic nitrogens is 3. The SMILES string of the molecule is CC(C)C(=O)NC1CN(c2cnc(-c3ccc(C(F)(F)F)cc3)c(-c3ccncc3Cl)n2)C1. The molecule has 172 valence electrons. The zero-order valence-corrected chi connectivity index (χ0v) is 18.7. The van der Waals surface area contributed by atoms with Gasteiger partial charge in [0.2, 0.25) is 5.91 Å². The smallest absolute Gasteiger partial charge is 0.351 e. The van der Waals surface area contributed by atoms with Gasteiger partial charge in [0.25, 0.3) is 0 Å². The van der Waals surface area contributed by atoms with E-state index in [1.807, 2.05) is 18.7 Å². The van der Waals surface area contributed by atoms with Gasteiger partial charge in [-0.1, -0.05) is 37.6 Å². The molecule has 1 aromatic carbocycles. The van der Waals surface area contributed by atoms with Crippen LogP contribution in [-0.2, 0) is 11.0 Å². The van der Waals surface area contributed by atoms with Gasteiger partial charge in [0.1, 0.15) is 11.5 Å². The van der Waals surface area contributed by atoms with Gasteiger partial charge in [-0.05, 0) is 18.2 Å². The Morgan fingerprint density at radius 1 is 1.12 bits per heavy atom. The van der Waals surface area contributed by atoms with Gasteiger partial charge in [0.15, 0.2) is 0 Å². The van der Waals surface area contributed by atoms with E-state index in [1.165, 1.54) is 18.3 Å². The molecular weight excluding hydrogens is 455 g/mol. The number of carbonyl (C=O) groups is 1. The predicted octanol–water partition coefficient (Wildman–Crippen LogP) is 4.84. The molecule has 1 aliphatic rings. The fraction of sp³-hybridized carbons (Fsp3) is 0.304. The summed E-state index contributed by atoms with van der Waals surface area (Å²) in [5.41, 5.74) is 1.16. The first-order valence-electron chi connectivity index (χ1n) is 10.3. The highest BCUT2D eigenvalue weighted by Gasteiger charge is 2.32. The molecule has 0 spiro atoms. The van der Waals surface area contributed by atoms with Crippen molar-refractivity contribution in [3.8, 4) is 22.5 Å². The van der Waals surface area contributed by atoms with Gasteiger partial charge in [-0.25, -0.2) is 4.98 Å². The number of nitrogens with one attached hydrogen (secondary N) is 1. The van der Waals surface area contributed by atoms with Crippen LogP contribution >= 0.6 is 11.6 Å². The number of benzene rings is 1. The highest BCUT2D eigenvalue weighted by atomic mass is 35.5. The first-order chi connectivity index (χ1) is 15.6. The summed E-state index contributed by atoms with van der Waals surface area (Å²) in [4.78, 5) is 27.1. The molecule has 2 aromatic heterocycles. The van der Waals surface area contributed by atoms with Crippen molar-refractivity contribution in [1.29, 1.82) is 0 Å². The summed E-state index contributed by atoms with van der Waals surface area (Å²) in [6.07, 6.45) is 0.187. The number of pyridine rings is 1. The number of hydrogen-bond acceptors (Lipinski definition) is 5. The number of hydrogen-bond donors (Lipinski definition) is 1. The normalized spacial score (nSPS) is 14.3. The summed E-state index contributed by atoms with van der Waals surface area (Å²) in [6, 6.07) is 6.47. The van der Waals surface area contributed by atoms with Crippen LogP contribution in [0.2, 0.25) is 5.02 Å². The topological polar surface area (TPSA) is 71.0 Å². The van der Waals surface area contributed by atoms with E-state index in [1.54, 1.807) is 18.5 Å². The lowest BCUT2D eigenvalue weighted by Crippen LogP contribution is -2.60. The Morgan fingerprint density at radius 2 is 1.82 bits per heavy atom. The van der Waals surface area contributed by atoms with E-state index >= 15 is 0 Å². The molecule has 0 radical (unpaired) electrons. The van der Waals surface area contributed by atoms with E-state index in [0.29, 0.717) is 46.4 Å². The second kappa shape index (κ2) is 8.97. The third-order valence-corrected chi connectivity index (χ3v) is 5.65. The Hall–Kier alpha value is -3.20. The van der Waals surface area contributed by atoms with Crippen molar-refractivity contribution < 1.29 is 18.0 Å². The molecule has 0 unspecified atom stereocenters. The molecule has 0 atom stereocenters. The van der Waals surface area contributed by atoms with Crippen molar-refractivity contribution in [2.45, 2.75) is 26.1 Å². The summed E-state index contributed by atoms with van der Waals surface area (Å²) in [5.74, 6) is 0.485. The minimum Gasteiger partial charge on any atom is -0.351 e. The maximum absolute atomic E-state index is 13.0. The van der Waals surface area contributed by atoms with E-state index in [0.717, 1.165) is 12.1 Å². The maximum atomic E-state index is 13.0. The van der Waals surface area contributed by atoms with E-state index in [4.69, 9.17) is 16.6 Å². The Bertz CT molecular complexity index is 1160. The number of anilines is 1. The molecule has 1 N–H and O–H groups in total. The van der Waals surface area contributed by atoms with Gasteiger partial charge < -0.3 is 10.2 Å². The molecule has 10 heteroatoms. The summed E-state index contributed by atoms with van der Waals surface area (Å²) in [5, 5.41) is 3.33. The average Bonchev–Trinajstić information content (AvgIpc) is 2.75. The van der Waals surface area contributed by atoms with E-state index < -0.39 is 11.7 Å². The van der Waals surface area contributed by atoms with Crippen LogP contribution in [0.25, 0.3) is 22.5 Å². The minimum atomic E-state index is -4.43. The van der Waals surface area contributed by atoms with Crippen molar-refractivity contribution in [3.63, 3.8) is 0 Å². The zero-order valence-electron chi connectivity index (χ0n) is 17.9. The Balaban J connectivity index is 1.66. The number of carbonyl (C=O) groups excluding carboxylic acids is 1. The van der Waals surface area contributed by atoms with Crippen molar-refractivity contribution >= 4 is 23.3 Å². The van der Waals surface area contributed by atoms with Crippen LogP contribution < -0.4 is 10.2 Å². The van der Waals surface area contributed by atoms with Gasteiger partial charge in [0.05, 0.1) is 28.5 Å². The second-order valence-electron chi connectivity index (χ2n) is 8.12. The van der Waals surface area contributed by atoms with Gasteiger partial charge >= 0.3 is 6.18 Å². The molecular formula is C23H21ClF3N5O. The molecule has 1 fully saturated rings. The summed E-state index contributed by atoms with van der Waals surface area (Å²) in [6.45, 7) is 4.83. The van der Waals surface area contributed by atoms with Gasteiger partial charge in [-0.15, -0.1) is 0 Å². The minimum absolute atomic E-state index is 0.00681. The van der Waals surface area contributed by atoms with Crippen LogP contribution in [0.5, 0.6) is 0 Å².